The van der Waals surface area contributed by atoms with Crippen LogP contribution in [0.5, 0.6) is 0 Å². The maximum absolute atomic E-state index is 12.0. The van der Waals surface area contributed by atoms with E-state index in [1.54, 1.807) is 25.3 Å². The fraction of sp³-hybridized carbons (Fsp3) is 0.364. The normalized spacial score (nSPS) is 12.2. The molecule has 1 aromatic rings. The highest BCUT2D eigenvalue weighted by Gasteiger charge is 2.15. The number of halogens is 3. The number of methoxy groups -OCH3 is 1. The van der Waals surface area contributed by atoms with Crippen LogP contribution in [-0.4, -0.2) is 31.0 Å². The van der Waals surface area contributed by atoms with E-state index in [0.29, 0.717) is 27.0 Å². The minimum atomic E-state index is -0.180. The molecule has 0 radical (unpaired) electrons. The zero-order valence-electron chi connectivity index (χ0n) is 9.17. The van der Waals surface area contributed by atoms with E-state index >= 15 is 0 Å². The molecule has 1 rings (SSSR count). The fourth-order valence-electron chi connectivity index (χ4n) is 1.26. The van der Waals surface area contributed by atoms with Crippen molar-refractivity contribution in [1.82, 2.24) is 5.32 Å². The number of carbonyl (C=O) groups excluding carboxylic acids is 1. The van der Waals surface area contributed by atoms with Crippen molar-refractivity contribution in [3.05, 3.63) is 33.3 Å². The molecule has 0 fully saturated rings. The number of rotatable bonds is 5. The summed E-state index contributed by atoms with van der Waals surface area (Å²) in [7, 11) is 1.59. The number of nitrogens with one attached hydrogen (secondary N) is 1. The van der Waals surface area contributed by atoms with Crippen LogP contribution in [-0.2, 0) is 4.74 Å². The Bertz CT molecular complexity index is 401. The molecule has 3 nitrogen and oxygen atoms in total. The zero-order valence-corrected chi connectivity index (χ0v) is 13.1. The molecule has 0 aromatic heterocycles. The highest BCUT2D eigenvalue weighted by Crippen LogP contribution is 2.21. The molecule has 0 heterocycles. The van der Waals surface area contributed by atoms with E-state index in [0.717, 1.165) is 0 Å². The van der Waals surface area contributed by atoms with E-state index in [1.165, 1.54) is 0 Å². The van der Waals surface area contributed by atoms with Gasteiger partial charge in [0.25, 0.3) is 5.91 Å². The zero-order chi connectivity index (χ0) is 12.8. The number of amides is 1. The molecule has 1 atom stereocenters. The predicted octanol–water partition coefficient (Wildman–Crippen LogP) is 3.24. The van der Waals surface area contributed by atoms with Crippen LogP contribution in [0.1, 0.15) is 10.4 Å². The number of ether oxygens (including phenoxy) is 1. The van der Waals surface area contributed by atoms with Gasteiger partial charge in [0.15, 0.2) is 0 Å². The van der Waals surface area contributed by atoms with Crippen molar-refractivity contribution in [1.29, 1.82) is 0 Å². The molecule has 0 saturated carbocycles. The van der Waals surface area contributed by atoms with E-state index in [4.69, 9.17) is 16.3 Å². The molecule has 17 heavy (non-hydrogen) atoms. The fourth-order valence-corrected chi connectivity index (χ4v) is 2.21. The number of hydrogen-bond acceptors (Lipinski definition) is 2. The van der Waals surface area contributed by atoms with Gasteiger partial charge in [-0.05, 0) is 34.1 Å². The average molecular weight is 385 g/mol. The number of hydrogen-bond donors (Lipinski definition) is 1. The maximum atomic E-state index is 12.0. The van der Waals surface area contributed by atoms with Gasteiger partial charge in [-0.15, -0.1) is 0 Å². The summed E-state index contributed by atoms with van der Waals surface area (Å²) in [5.41, 5.74) is 0.513. The molecule has 1 unspecified atom stereocenters. The minimum Gasteiger partial charge on any atom is -0.383 e. The van der Waals surface area contributed by atoms with Gasteiger partial charge in [-0.1, -0.05) is 27.5 Å². The standard InChI is InChI=1S/C11H12Br2ClNO2/c1-17-6-8(5-12)15-11(16)9-4-7(14)2-3-10(9)13/h2-4,8H,5-6H2,1H3,(H,15,16). The highest BCUT2D eigenvalue weighted by molar-refractivity contribution is 9.10. The van der Waals surface area contributed by atoms with Crippen molar-refractivity contribution in [2.75, 3.05) is 19.0 Å². The lowest BCUT2D eigenvalue weighted by Gasteiger charge is -2.15. The summed E-state index contributed by atoms with van der Waals surface area (Å²) in [6.07, 6.45) is 0. The number of carbonyl (C=O) groups is 1. The van der Waals surface area contributed by atoms with E-state index in [-0.39, 0.29) is 11.9 Å². The lowest BCUT2D eigenvalue weighted by Crippen LogP contribution is -2.39. The number of alkyl halides is 1. The summed E-state index contributed by atoms with van der Waals surface area (Å²) in [6, 6.07) is 5.02. The van der Waals surface area contributed by atoms with Crippen LogP contribution < -0.4 is 5.32 Å². The molecule has 0 aliphatic carbocycles. The quantitative estimate of drug-likeness (QED) is 0.791. The van der Waals surface area contributed by atoms with Crippen molar-refractivity contribution in [3.63, 3.8) is 0 Å². The van der Waals surface area contributed by atoms with Crippen molar-refractivity contribution in [3.8, 4) is 0 Å². The highest BCUT2D eigenvalue weighted by atomic mass is 79.9. The van der Waals surface area contributed by atoms with Crippen molar-refractivity contribution < 1.29 is 9.53 Å². The van der Waals surface area contributed by atoms with Crippen LogP contribution in [0.25, 0.3) is 0 Å². The molecule has 0 aliphatic rings. The average Bonchev–Trinajstić information content (AvgIpc) is 2.31. The smallest absolute Gasteiger partial charge is 0.252 e. The van der Waals surface area contributed by atoms with Gasteiger partial charge in [0.2, 0.25) is 0 Å². The van der Waals surface area contributed by atoms with E-state index in [2.05, 4.69) is 37.2 Å². The van der Waals surface area contributed by atoms with E-state index in [9.17, 15) is 4.79 Å². The van der Waals surface area contributed by atoms with Crippen LogP contribution >= 0.6 is 43.5 Å². The van der Waals surface area contributed by atoms with Gasteiger partial charge in [0.1, 0.15) is 0 Å². The minimum absolute atomic E-state index is 0.0709. The molecule has 1 aromatic carbocycles. The van der Waals surface area contributed by atoms with Crippen LogP contribution in [0.4, 0.5) is 0 Å². The van der Waals surface area contributed by atoms with E-state index in [1.807, 2.05) is 0 Å². The molecule has 1 amide bonds. The van der Waals surface area contributed by atoms with Gasteiger partial charge < -0.3 is 10.1 Å². The lowest BCUT2D eigenvalue weighted by atomic mass is 10.2. The third-order valence-electron chi connectivity index (χ3n) is 2.06. The third-order valence-corrected chi connectivity index (χ3v) is 3.77. The summed E-state index contributed by atoms with van der Waals surface area (Å²) in [6.45, 7) is 0.454. The maximum Gasteiger partial charge on any atom is 0.252 e. The Hall–Kier alpha value is -0.100. The Morgan fingerprint density at radius 3 is 2.88 bits per heavy atom. The van der Waals surface area contributed by atoms with Crippen LogP contribution in [0.3, 0.4) is 0 Å². The first-order chi connectivity index (χ1) is 8.08. The summed E-state index contributed by atoms with van der Waals surface area (Å²) in [5.74, 6) is -0.180. The van der Waals surface area contributed by atoms with Crippen molar-refractivity contribution in [2.24, 2.45) is 0 Å². The van der Waals surface area contributed by atoms with Crippen LogP contribution in [0.15, 0.2) is 22.7 Å². The second-order valence-electron chi connectivity index (χ2n) is 3.40. The molecule has 6 heteroatoms. The Morgan fingerprint density at radius 1 is 1.59 bits per heavy atom. The molecule has 94 valence electrons. The Labute approximate surface area is 122 Å². The Morgan fingerprint density at radius 2 is 2.29 bits per heavy atom. The van der Waals surface area contributed by atoms with Gasteiger partial charge >= 0.3 is 0 Å². The largest absolute Gasteiger partial charge is 0.383 e. The third kappa shape index (κ3) is 4.58. The molecular formula is C11H12Br2ClNO2. The molecule has 0 aliphatic heterocycles. The molecule has 0 spiro atoms. The molecule has 1 N–H and O–H groups in total. The molecular weight excluding hydrogens is 373 g/mol. The first kappa shape index (κ1) is 15.0. The topological polar surface area (TPSA) is 38.3 Å². The van der Waals surface area contributed by atoms with Crippen LogP contribution in [0, 0.1) is 0 Å². The van der Waals surface area contributed by atoms with Gasteiger partial charge in [0.05, 0.1) is 18.2 Å². The van der Waals surface area contributed by atoms with Gasteiger partial charge in [0, 0.05) is 21.9 Å². The second-order valence-corrected chi connectivity index (χ2v) is 5.34. The first-order valence-electron chi connectivity index (χ1n) is 4.89. The van der Waals surface area contributed by atoms with Crippen molar-refractivity contribution in [2.45, 2.75) is 6.04 Å². The lowest BCUT2D eigenvalue weighted by molar-refractivity contribution is 0.0907. The van der Waals surface area contributed by atoms with Gasteiger partial charge in [-0.3, -0.25) is 4.79 Å². The Kier molecular flexibility index (Phi) is 6.48. The Balaban J connectivity index is 2.78. The summed E-state index contributed by atoms with van der Waals surface area (Å²) in [4.78, 5) is 12.0. The predicted molar refractivity (Wildman–Crippen MR) is 76.1 cm³/mol. The molecule has 0 saturated heterocycles. The summed E-state index contributed by atoms with van der Waals surface area (Å²) < 4.78 is 5.72. The summed E-state index contributed by atoms with van der Waals surface area (Å²) >= 11 is 12.5. The van der Waals surface area contributed by atoms with Crippen LogP contribution in [0.2, 0.25) is 5.02 Å². The summed E-state index contributed by atoms with van der Waals surface area (Å²) in [5, 5.41) is 4.01. The first-order valence-corrected chi connectivity index (χ1v) is 7.18. The van der Waals surface area contributed by atoms with Crippen molar-refractivity contribution >= 4 is 49.4 Å². The SMILES string of the molecule is COCC(CBr)NC(=O)c1cc(Cl)ccc1Br. The van der Waals surface area contributed by atoms with Gasteiger partial charge in [-0.2, -0.15) is 0 Å². The second kappa shape index (κ2) is 7.36. The monoisotopic (exact) mass is 383 g/mol. The van der Waals surface area contributed by atoms with Gasteiger partial charge in [-0.25, -0.2) is 0 Å². The van der Waals surface area contributed by atoms with E-state index < -0.39 is 0 Å². The molecule has 0 bridgehead atoms. The number of benzene rings is 1.